The van der Waals surface area contributed by atoms with Crippen LogP contribution >= 0.6 is 23.4 Å². The van der Waals surface area contributed by atoms with E-state index in [1.165, 1.54) is 11.8 Å². The molecule has 1 amide bonds. The van der Waals surface area contributed by atoms with Crippen molar-refractivity contribution in [1.29, 1.82) is 0 Å². The molecule has 2 atom stereocenters. The van der Waals surface area contributed by atoms with Crippen LogP contribution in [0.25, 0.3) is 22.3 Å². The van der Waals surface area contributed by atoms with Crippen LogP contribution in [0, 0.1) is 6.92 Å². The molecule has 0 aliphatic rings. The van der Waals surface area contributed by atoms with Crippen molar-refractivity contribution >= 4 is 35.2 Å². The molecule has 2 unspecified atom stereocenters. The minimum atomic E-state index is -1.06. The summed E-state index contributed by atoms with van der Waals surface area (Å²) in [4.78, 5) is 25.2. The Kier molecular flexibility index (Phi) is 11.6. The second kappa shape index (κ2) is 14.6. The molecule has 4 aromatic rings. The van der Waals surface area contributed by atoms with Gasteiger partial charge in [0.1, 0.15) is 17.9 Å². The van der Waals surface area contributed by atoms with Gasteiger partial charge in [0.05, 0.1) is 6.26 Å². The van der Waals surface area contributed by atoms with Crippen molar-refractivity contribution < 1.29 is 44.1 Å². The minimum absolute atomic E-state index is 0. The number of amides is 1. The number of carboxylic acid groups (broad SMARTS) is 1. The van der Waals surface area contributed by atoms with Crippen LogP contribution in [0.5, 0.6) is 0 Å². The fraction of sp³-hybridized carbons (Fsp3) is 0.226. The summed E-state index contributed by atoms with van der Waals surface area (Å²) in [7, 11) is 1.61. The number of thioether (sulfide) groups is 1. The van der Waals surface area contributed by atoms with E-state index in [0.717, 1.165) is 27.8 Å². The maximum absolute atomic E-state index is 13.4. The van der Waals surface area contributed by atoms with E-state index in [-0.39, 0.29) is 20.3 Å². The maximum Gasteiger partial charge on any atom is 1.00 e. The van der Waals surface area contributed by atoms with Gasteiger partial charge in [-0.15, -0.1) is 0 Å². The van der Waals surface area contributed by atoms with Gasteiger partial charge >= 0.3 is 24.8 Å². The molecule has 0 saturated heterocycles. The van der Waals surface area contributed by atoms with E-state index in [0.29, 0.717) is 34.1 Å². The zero-order chi connectivity index (χ0) is 27.9. The number of methoxy groups -OCH3 is 1. The molecule has 2 N–H and O–H groups in total. The number of rotatable bonds is 11. The van der Waals surface area contributed by atoms with Gasteiger partial charge in [0.15, 0.2) is 0 Å². The average molecular weight is 572 g/mol. The van der Waals surface area contributed by atoms with E-state index >= 15 is 0 Å². The third-order valence-corrected chi connectivity index (χ3v) is 7.46. The molecule has 0 spiro atoms. The van der Waals surface area contributed by atoms with Gasteiger partial charge in [-0.25, -0.2) is 4.79 Å². The number of halogens is 1. The van der Waals surface area contributed by atoms with Crippen molar-refractivity contribution in [2.24, 2.45) is 0 Å². The number of nitrogens with one attached hydrogen (secondary N) is 1. The summed E-state index contributed by atoms with van der Waals surface area (Å²) in [6.07, 6.45) is 3.30. The van der Waals surface area contributed by atoms with Crippen molar-refractivity contribution in [3.05, 3.63) is 107 Å². The molecule has 0 aliphatic carbocycles. The number of carbonyl (C=O) groups excluding carboxylic acids is 1. The first-order valence-electron chi connectivity index (χ1n) is 12.4. The van der Waals surface area contributed by atoms with Crippen LogP contribution in [-0.2, 0) is 9.53 Å². The third kappa shape index (κ3) is 7.23. The van der Waals surface area contributed by atoms with E-state index in [1.807, 2.05) is 79.9 Å². The Bertz CT molecular complexity index is 1460. The molecular formula is C31H31ClLiNO5S. The Labute approximate surface area is 257 Å². The topological polar surface area (TPSA) is 88.8 Å². The van der Waals surface area contributed by atoms with Crippen LogP contribution in [0.15, 0.2) is 83.5 Å². The molecule has 0 bridgehead atoms. The van der Waals surface area contributed by atoms with Crippen molar-refractivity contribution in [3.63, 3.8) is 0 Å². The number of carboxylic acids is 1. The maximum atomic E-state index is 13.4. The number of ether oxygens (including phenoxy) is 1. The Morgan fingerprint density at radius 2 is 1.77 bits per heavy atom. The molecule has 0 aliphatic heterocycles. The second-order valence-electron chi connectivity index (χ2n) is 9.09. The normalized spacial score (nSPS) is 12.3. The van der Waals surface area contributed by atoms with Crippen LogP contribution in [0.3, 0.4) is 0 Å². The second-order valence-corrected chi connectivity index (χ2v) is 10.5. The molecule has 204 valence electrons. The summed E-state index contributed by atoms with van der Waals surface area (Å²) in [5.41, 5.74) is 5.51. The zero-order valence-corrected chi connectivity index (χ0v) is 24.5. The van der Waals surface area contributed by atoms with Gasteiger partial charge in [0.25, 0.3) is 5.91 Å². The summed E-state index contributed by atoms with van der Waals surface area (Å²) in [6, 6.07) is 21.6. The predicted octanol–water partition coefficient (Wildman–Crippen LogP) is 4.36. The summed E-state index contributed by atoms with van der Waals surface area (Å²) in [6.45, 7) is 1.97. The SMILES string of the molecule is COC(c1ccc(C(=O)NC(CCSC)C(=O)O)c(-c2ccccc2C)c1)c1occc1-c1ccc(Cl)cc1.[H-].[Li+]. The molecular weight excluding hydrogens is 541 g/mol. The van der Waals surface area contributed by atoms with E-state index in [1.54, 1.807) is 19.4 Å². The first-order valence-corrected chi connectivity index (χ1v) is 14.2. The van der Waals surface area contributed by atoms with Gasteiger partial charge < -0.3 is 21.0 Å². The zero-order valence-electron chi connectivity index (χ0n) is 23.9. The average Bonchev–Trinajstić information content (AvgIpc) is 3.41. The molecule has 1 aromatic heterocycles. The molecule has 3 aromatic carbocycles. The van der Waals surface area contributed by atoms with Gasteiger partial charge in [-0.05, 0) is 83.5 Å². The Balaban J connectivity index is 0.00000294. The van der Waals surface area contributed by atoms with Gasteiger partial charge in [-0.1, -0.05) is 54.1 Å². The molecule has 9 heteroatoms. The van der Waals surface area contributed by atoms with Gasteiger partial charge in [0, 0.05) is 23.3 Å². The van der Waals surface area contributed by atoms with Crippen molar-refractivity contribution in [2.45, 2.75) is 25.5 Å². The van der Waals surface area contributed by atoms with E-state index < -0.39 is 24.0 Å². The number of carbonyl (C=O) groups is 2. The van der Waals surface area contributed by atoms with Gasteiger partial charge in [0.2, 0.25) is 0 Å². The number of hydrogen-bond donors (Lipinski definition) is 2. The standard InChI is InChI=1S/C31H30ClNO5S.Li.H/c1-19-6-4-5-7-23(19)26-18-21(10-13-25(26)30(34)33-27(31(35)36)15-17-39-3)28(37-2)29-24(14-16-38-29)20-8-11-22(32)12-9-20;;/h4-14,16,18,27-28H,15,17H2,1-3H3,(H,33,34)(H,35,36);;/q;+1;-1. The number of aryl methyl sites for hydroxylation is 1. The number of hydrogen-bond acceptors (Lipinski definition) is 5. The van der Waals surface area contributed by atoms with Gasteiger partial charge in [-0.3, -0.25) is 4.79 Å². The largest absolute Gasteiger partial charge is 1.00 e. The quantitative estimate of drug-likeness (QED) is 0.260. The van der Waals surface area contributed by atoms with Crippen molar-refractivity contribution in [3.8, 4) is 22.3 Å². The minimum Gasteiger partial charge on any atom is -1.00 e. The molecule has 4 rings (SSSR count). The van der Waals surface area contributed by atoms with Crippen molar-refractivity contribution in [1.82, 2.24) is 5.32 Å². The van der Waals surface area contributed by atoms with Crippen LogP contribution < -0.4 is 24.2 Å². The number of aliphatic carboxylic acids is 1. The van der Waals surface area contributed by atoms with Crippen LogP contribution in [0.1, 0.15) is 41.2 Å². The summed E-state index contributed by atoms with van der Waals surface area (Å²) in [5.74, 6) is -0.258. The van der Waals surface area contributed by atoms with Crippen LogP contribution in [-0.4, -0.2) is 42.1 Å². The first-order chi connectivity index (χ1) is 18.8. The number of furan rings is 1. The fourth-order valence-electron chi connectivity index (χ4n) is 4.54. The molecule has 1 heterocycles. The van der Waals surface area contributed by atoms with Crippen LogP contribution in [0.2, 0.25) is 5.02 Å². The fourth-order valence-corrected chi connectivity index (χ4v) is 5.13. The summed E-state index contributed by atoms with van der Waals surface area (Å²) < 4.78 is 11.8. The first kappa shape index (κ1) is 31.6. The molecule has 0 radical (unpaired) electrons. The Morgan fingerprint density at radius 1 is 1.05 bits per heavy atom. The van der Waals surface area contributed by atoms with E-state index in [2.05, 4.69) is 5.32 Å². The van der Waals surface area contributed by atoms with E-state index in [4.69, 9.17) is 20.8 Å². The monoisotopic (exact) mass is 571 g/mol. The molecule has 40 heavy (non-hydrogen) atoms. The Hall–Kier alpha value is -2.92. The molecule has 0 fully saturated rings. The van der Waals surface area contributed by atoms with Crippen LogP contribution in [0.4, 0.5) is 0 Å². The third-order valence-electron chi connectivity index (χ3n) is 6.56. The molecule has 0 saturated carbocycles. The summed E-state index contributed by atoms with van der Waals surface area (Å²) in [5, 5.41) is 13.0. The smallest absolute Gasteiger partial charge is 1.00 e. The van der Waals surface area contributed by atoms with E-state index in [9.17, 15) is 14.7 Å². The number of benzene rings is 3. The molecule has 6 nitrogen and oxygen atoms in total. The Morgan fingerprint density at radius 3 is 2.42 bits per heavy atom. The summed E-state index contributed by atoms with van der Waals surface area (Å²) >= 11 is 7.62. The van der Waals surface area contributed by atoms with Gasteiger partial charge in [-0.2, -0.15) is 11.8 Å². The van der Waals surface area contributed by atoms with Crippen molar-refractivity contribution in [2.75, 3.05) is 19.1 Å². The predicted molar refractivity (Wildman–Crippen MR) is 158 cm³/mol.